The predicted molar refractivity (Wildman–Crippen MR) is 85.1 cm³/mol. The van der Waals surface area contributed by atoms with E-state index in [0.29, 0.717) is 5.92 Å². The van der Waals surface area contributed by atoms with E-state index in [1.165, 1.54) is 0 Å². The monoisotopic (exact) mass is 292 g/mol. The van der Waals surface area contributed by atoms with E-state index in [-0.39, 0.29) is 18.1 Å². The second-order valence-electron chi connectivity index (χ2n) is 5.85. The lowest BCUT2D eigenvalue weighted by molar-refractivity contribution is -0.137. The number of carboxylic acid groups (broad SMARTS) is 1. The molecule has 1 rings (SSSR count). The zero-order valence-electron chi connectivity index (χ0n) is 13.1. The normalized spacial score (nSPS) is 21.5. The Labute approximate surface area is 128 Å². The Morgan fingerprint density at radius 1 is 1.19 bits per heavy atom. The van der Waals surface area contributed by atoms with Crippen LogP contribution in [0, 0.1) is 11.8 Å². The van der Waals surface area contributed by atoms with E-state index >= 15 is 0 Å². The standard InChI is InChI=1S/C18H28O3/c1-2-3-7-11-16-15(13-14-17(16)19)10-8-5-4-6-9-12-18(20)21/h3,7,13-16H,2,4-6,8-12H2,1H3,(H,20,21)/b7-3-. The number of allylic oxidation sites excluding steroid dienone is 4. The second kappa shape index (κ2) is 10.4. The molecule has 1 aliphatic carbocycles. The van der Waals surface area contributed by atoms with Crippen LogP contribution in [0.4, 0.5) is 0 Å². The van der Waals surface area contributed by atoms with Crippen LogP contribution in [-0.2, 0) is 9.59 Å². The molecule has 0 aliphatic heterocycles. The fraction of sp³-hybridized carbons (Fsp3) is 0.667. The molecule has 0 aromatic carbocycles. The Balaban J connectivity index is 2.15. The third kappa shape index (κ3) is 7.26. The van der Waals surface area contributed by atoms with Crippen LogP contribution in [0.3, 0.4) is 0 Å². The molecular formula is C18H28O3. The molecule has 2 unspecified atom stereocenters. The van der Waals surface area contributed by atoms with Crippen molar-refractivity contribution >= 4 is 11.8 Å². The SMILES string of the molecule is CC/C=C\CC1C(=O)C=CC1CCCCCCCC(=O)O. The number of carboxylic acids is 1. The second-order valence-corrected chi connectivity index (χ2v) is 5.85. The molecule has 0 saturated heterocycles. The van der Waals surface area contributed by atoms with Crippen molar-refractivity contribution in [2.24, 2.45) is 11.8 Å². The Morgan fingerprint density at radius 3 is 2.62 bits per heavy atom. The van der Waals surface area contributed by atoms with Crippen LogP contribution in [0.2, 0.25) is 0 Å². The van der Waals surface area contributed by atoms with Crippen LogP contribution in [0.5, 0.6) is 0 Å². The molecule has 118 valence electrons. The lowest BCUT2D eigenvalue weighted by Gasteiger charge is -2.16. The van der Waals surface area contributed by atoms with E-state index in [4.69, 9.17) is 5.11 Å². The molecule has 0 radical (unpaired) electrons. The highest BCUT2D eigenvalue weighted by Crippen LogP contribution is 2.30. The lowest BCUT2D eigenvalue weighted by Crippen LogP contribution is -2.15. The van der Waals surface area contributed by atoms with Crippen LogP contribution in [0.15, 0.2) is 24.3 Å². The molecule has 0 fully saturated rings. The van der Waals surface area contributed by atoms with Crippen molar-refractivity contribution in [2.45, 2.75) is 64.7 Å². The summed E-state index contributed by atoms with van der Waals surface area (Å²) < 4.78 is 0. The molecule has 21 heavy (non-hydrogen) atoms. The van der Waals surface area contributed by atoms with Gasteiger partial charge in [-0.3, -0.25) is 9.59 Å². The molecule has 0 aromatic rings. The summed E-state index contributed by atoms with van der Waals surface area (Å²) in [6.45, 7) is 2.10. The van der Waals surface area contributed by atoms with Crippen molar-refractivity contribution in [3.05, 3.63) is 24.3 Å². The van der Waals surface area contributed by atoms with Gasteiger partial charge in [-0.15, -0.1) is 0 Å². The van der Waals surface area contributed by atoms with E-state index in [0.717, 1.165) is 51.4 Å². The third-order valence-electron chi connectivity index (χ3n) is 4.11. The maximum absolute atomic E-state index is 11.8. The van der Waals surface area contributed by atoms with Gasteiger partial charge in [0.15, 0.2) is 5.78 Å². The van der Waals surface area contributed by atoms with Gasteiger partial charge >= 0.3 is 5.97 Å². The van der Waals surface area contributed by atoms with Gasteiger partial charge < -0.3 is 5.11 Å². The molecule has 2 atom stereocenters. The number of ketones is 1. The molecule has 0 heterocycles. The first-order valence-electron chi connectivity index (χ1n) is 8.24. The van der Waals surface area contributed by atoms with Gasteiger partial charge in [-0.05, 0) is 37.7 Å². The average molecular weight is 292 g/mol. The van der Waals surface area contributed by atoms with Crippen LogP contribution in [0.1, 0.15) is 64.7 Å². The van der Waals surface area contributed by atoms with Crippen molar-refractivity contribution in [3.8, 4) is 0 Å². The number of unbranched alkanes of at least 4 members (excludes halogenated alkanes) is 4. The van der Waals surface area contributed by atoms with Crippen LogP contribution in [-0.4, -0.2) is 16.9 Å². The molecule has 1 N–H and O–H groups in total. The zero-order valence-corrected chi connectivity index (χ0v) is 13.1. The Kier molecular flexibility index (Phi) is 8.72. The van der Waals surface area contributed by atoms with E-state index in [2.05, 4.69) is 25.2 Å². The minimum Gasteiger partial charge on any atom is -0.481 e. The van der Waals surface area contributed by atoms with Crippen LogP contribution in [0.25, 0.3) is 0 Å². The Bertz CT molecular complexity index is 382. The summed E-state index contributed by atoms with van der Waals surface area (Å²) in [5, 5.41) is 8.56. The fourth-order valence-electron chi connectivity index (χ4n) is 2.87. The first kappa shape index (κ1) is 17.7. The van der Waals surface area contributed by atoms with E-state index < -0.39 is 5.97 Å². The number of carbonyl (C=O) groups excluding carboxylic acids is 1. The maximum atomic E-state index is 11.8. The summed E-state index contributed by atoms with van der Waals surface area (Å²) in [6, 6.07) is 0. The van der Waals surface area contributed by atoms with Gasteiger partial charge in [-0.2, -0.15) is 0 Å². The Hall–Kier alpha value is -1.38. The smallest absolute Gasteiger partial charge is 0.303 e. The summed E-state index contributed by atoms with van der Waals surface area (Å²) in [5.74, 6) is 0.132. The zero-order chi connectivity index (χ0) is 15.5. The summed E-state index contributed by atoms with van der Waals surface area (Å²) in [5.41, 5.74) is 0. The molecule has 0 bridgehead atoms. The van der Waals surface area contributed by atoms with Crippen LogP contribution < -0.4 is 0 Å². The summed E-state index contributed by atoms with van der Waals surface area (Å²) in [6.07, 6.45) is 16.5. The highest BCUT2D eigenvalue weighted by molar-refractivity contribution is 5.94. The van der Waals surface area contributed by atoms with Crippen molar-refractivity contribution in [3.63, 3.8) is 0 Å². The first-order valence-corrected chi connectivity index (χ1v) is 8.24. The van der Waals surface area contributed by atoms with Crippen molar-refractivity contribution in [1.29, 1.82) is 0 Å². The predicted octanol–water partition coefficient (Wildman–Crippen LogP) is 4.53. The number of carbonyl (C=O) groups is 2. The molecule has 0 saturated carbocycles. The maximum Gasteiger partial charge on any atom is 0.303 e. The third-order valence-corrected chi connectivity index (χ3v) is 4.11. The topological polar surface area (TPSA) is 54.4 Å². The lowest BCUT2D eigenvalue weighted by atomic mass is 9.87. The highest BCUT2D eigenvalue weighted by Gasteiger charge is 2.28. The fourth-order valence-corrected chi connectivity index (χ4v) is 2.87. The summed E-state index contributed by atoms with van der Waals surface area (Å²) in [4.78, 5) is 22.2. The largest absolute Gasteiger partial charge is 0.481 e. The summed E-state index contributed by atoms with van der Waals surface area (Å²) in [7, 11) is 0. The van der Waals surface area contributed by atoms with Gasteiger partial charge in [-0.25, -0.2) is 0 Å². The molecule has 0 aromatic heterocycles. The molecule has 3 nitrogen and oxygen atoms in total. The van der Waals surface area contributed by atoms with Gasteiger partial charge in [0.1, 0.15) is 0 Å². The van der Waals surface area contributed by atoms with Crippen molar-refractivity contribution < 1.29 is 14.7 Å². The van der Waals surface area contributed by atoms with Gasteiger partial charge in [0, 0.05) is 12.3 Å². The molecular weight excluding hydrogens is 264 g/mol. The molecule has 3 heteroatoms. The minimum absolute atomic E-state index is 0.153. The number of rotatable bonds is 11. The minimum atomic E-state index is -0.701. The summed E-state index contributed by atoms with van der Waals surface area (Å²) >= 11 is 0. The number of hydrogen-bond donors (Lipinski definition) is 1. The quantitative estimate of drug-likeness (QED) is 0.449. The highest BCUT2D eigenvalue weighted by atomic mass is 16.4. The number of hydrogen-bond acceptors (Lipinski definition) is 2. The van der Waals surface area contributed by atoms with E-state index in [1.54, 1.807) is 6.08 Å². The van der Waals surface area contributed by atoms with Crippen molar-refractivity contribution in [2.75, 3.05) is 0 Å². The number of aliphatic carboxylic acids is 1. The van der Waals surface area contributed by atoms with E-state index in [9.17, 15) is 9.59 Å². The Morgan fingerprint density at radius 2 is 1.90 bits per heavy atom. The van der Waals surface area contributed by atoms with E-state index in [1.807, 2.05) is 0 Å². The van der Waals surface area contributed by atoms with Gasteiger partial charge in [0.25, 0.3) is 0 Å². The molecule has 0 amide bonds. The van der Waals surface area contributed by atoms with Crippen LogP contribution >= 0.6 is 0 Å². The van der Waals surface area contributed by atoms with Gasteiger partial charge in [-0.1, -0.05) is 50.8 Å². The molecule has 0 spiro atoms. The van der Waals surface area contributed by atoms with Gasteiger partial charge in [0.2, 0.25) is 0 Å². The first-order chi connectivity index (χ1) is 10.1. The van der Waals surface area contributed by atoms with Crippen molar-refractivity contribution in [1.82, 2.24) is 0 Å². The van der Waals surface area contributed by atoms with Gasteiger partial charge in [0.05, 0.1) is 0 Å². The molecule has 1 aliphatic rings. The average Bonchev–Trinajstić information content (AvgIpc) is 2.79.